The number of sulfonamides is 1. The molecule has 34 heavy (non-hydrogen) atoms. The number of anilines is 1. The molecule has 1 aromatic heterocycles. The fraction of sp³-hybridized carbons (Fsp3) is 0.261. The summed E-state index contributed by atoms with van der Waals surface area (Å²) >= 11 is 5.87. The van der Waals surface area contributed by atoms with Crippen LogP contribution in [0.3, 0.4) is 0 Å². The van der Waals surface area contributed by atoms with Crippen molar-refractivity contribution >= 4 is 33.5 Å². The van der Waals surface area contributed by atoms with E-state index in [1.807, 2.05) is 4.90 Å². The monoisotopic (exact) mass is 503 g/mol. The van der Waals surface area contributed by atoms with E-state index in [2.05, 4.69) is 14.7 Å². The first-order valence-electron chi connectivity index (χ1n) is 10.6. The number of hydrogen-bond acceptors (Lipinski definition) is 6. The first-order valence-corrected chi connectivity index (χ1v) is 12.5. The zero-order valence-corrected chi connectivity index (χ0v) is 19.7. The van der Waals surface area contributed by atoms with Gasteiger partial charge in [0.25, 0.3) is 0 Å². The van der Waals surface area contributed by atoms with E-state index in [1.165, 1.54) is 48.5 Å². The first-order chi connectivity index (χ1) is 16.3. The number of hydrogen-bond donors (Lipinski definition) is 1. The van der Waals surface area contributed by atoms with Gasteiger partial charge in [-0.25, -0.2) is 27.5 Å². The zero-order chi connectivity index (χ0) is 24.1. The van der Waals surface area contributed by atoms with E-state index < -0.39 is 21.9 Å². The number of piperazine rings is 1. The SMILES string of the molecule is O=C(C[C@@H](NS(=O)(=O)c1ccc(Cl)cc1)c1ccc(F)cc1)N1CCN(c2ncccn2)CC1. The third kappa shape index (κ3) is 5.88. The van der Waals surface area contributed by atoms with Crippen LogP contribution in [0, 0.1) is 5.82 Å². The molecular formula is C23H23ClFN5O3S. The number of carbonyl (C=O) groups excluding carboxylic acids is 1. The van der Waals surface area contributed by atoms with Gasteiger partial charge in [-0.3, -0.25) is 4.79 Å². The number of carbonyl (C=O) groups is 1. The van der Waals surface area contributed by atoms with Gasteiger partial charge in [0.05, 0.1) is 10.9 Å². The van der Waals surface area contributed by atoms with Crippen molar-refractivity contribution in [2.75, 3.05) is 31.1 Å². The van der Waals surface area contributed by atoms with Crippen LogP contribution in [0.5, 0.6) is 0 Å². The first kappa shape index (κ1) is 24.1. The molecule has 3 aromatic rings. The Labute approximate surface area is 202 Å². The predicted octanol–water partition coefficient (Wildman–Crippen LogP) is 3.03. The highest BCUT2D eigenvalue weighted by molar-refractivity contribution is 7.89. The van der Waals surface area contributed by atoms with E-state index in [1.54, 1.807) is 23.4 Å². The second kappa shape index (κ2) is 10.5. The molecule has 2 aromatic carbocycles. The Balaban J connectivity index is 1.48. The average molecular weight is 504 g/mol. The smallest absolute Gasteiger partial charge is 0.241 e. The minimum Gasteiger partial charge on any atom is -0.339 e. The number of rotatable bonds is 7. The molecule has 11 heteroatoms. The minimum absolute atomic E-state index is 0.0212. The van der Waals surface area contributed by atoms with E-state index in [-0.39, 0.29) is 17.2 Å². The third-order valence-corrected chi connectivity index (χ3v) is 7.28. The number of aromatic nitrogens is 2. The highest BCUT2D eigenvalue weighted by Crippen LogP contribution is 2.23. The largest absolute Gasteiger partial charge is 0.339 e. The molecule has 1 saturated heterocycles. The topological polar surface area (TPSA) is 95.5 Å². The van der Waals surface area contributed by atoms with Crippen LogP contribution in [0.1, 0.15) is 18.0 Å². The summed E-state index contributed by atoms with van der Waals surface area (Å²) in [7, 11) is -3.95. The van der Waals surface area contributed by atoms with E-state index in [0.717, 1.165) is 0 Å². The van der Waals surface area contributed by atoms with Crippen molar-refractivity contribution in [2.45, 2.75) is 17.4 Å². The van der Waals surface area contributed by atoms with Crippen LogP contribution in [0.25, 0.3) is 0 Å². The molecule has 1 N–H and O–H groups in total. The van der Waals surface area contributed by atoms with Gasteiger partial charge in [0.15, 0.2) is 0 Å². The van der Waals surface area contributed by atoms with Gasteiger partial charge in [-0.1, -0.05) is 23.7 Å². The summed E-state index contributed by atoms with van der Waals surface area (Å²) in [6.45, 7) is 2.04. The molecule has 1 fully saturated rings. The minimum atomic E-state index is -3.95. The molecule has 8 nitrogen and oxygen atoms in total. The van der Waals surface area contributed by atoms with Gasteiger partial charge in [0, 0.05) is 50.0 Å². The fourth-order valence-corrected chi connectivity index (χ4v) is 5.06. The molecule has 0 aliphatic carbocycles. The fourth-order valence-electron chi connectivity index (χ4n) is 3.71. The van der Waals surface area contributed by atoms with Crippen LogP contribution >= 0.6 is 11.6 Å². The van der Waals surface area contributed by atoms with Gasteiger partial charge >= 0.3 is 0 Å². The summed E-state index contributed by atoms with van der Waals surface area (Å²) in [6, 6.07) is 12.0. The highest BCUT2D eigenvalue weighted by atomic mass is 35.5. The Morgan fingerprint density at radius 1 is 1.00 bits per heavy atom. The lowest BCUT2D eigenvalue weighted by Crippen LogP contribution is -2.50. The van der Waals surface area contributed by atoms with E-state index >= 15 is 0 Å². The molecule has 1 atom stereocenters. The van der Waals surface area contributed by atoms with Gasteiger partial charge in [-0.05, 0) is 48.0 Å². The van der Waals surface area contributed by atoms with E-state index in [4.69, 9.17) is 11.6 Å². The van der Waals surface area contributed by atoms with Crippen molar-refractivity contribution in [3.63, 3.8) is 0 Å². The van der Waals surface area contributed by atoms with Crippen molar-refractivity contribution in [3.8, 4) is 0 Å². The Kier molecular flexibility index (Phi) is 7.40. The van der Waals surface area contributed by atoms with Crippen LogP contribution in [-0.2, 0) is 14.8 Å². The standard InChI is InChI=1S/C23H23ClFN5O3S/c24-18-4-8-20(9-5-18)34(32,33)28-21(17-2-6-19(25)7-3-17)16-22(31)29-12-14-30(15-13-29)23-26-10-1-11-27-23/h1-11,21,28H,12-16H2/t21-/m1/s1. The molecule has 1 aliphatic rings. The third-order valence-electron chi connectivity index (χ3n) is 5.54. The van der Waals surface area contributed by atoms with Crippen LogP contribution in [-0.4, -0.2) is 55.4 Å². The summed E-state index contributed by atoms with van der Waals surface area (Å²) in [5.41, 5.74) is 0.489. The van der Waals surface area contributed by atoms with Crippen LogP contribution in [0.2, 0.25) is 5.02 Å². The van der Waals surface area contributed by atoms with E-state index in [0.29, 0.717) is 42.7 Å². The highest BCUT2D eigenvalue weighted by Gasteiger charge is 2.28. The summed E-state index contributed by atoms with van der Waals surface area (Å²) in [5, 5.41) is 0.407. The van der Waals surface area contributed by atoms with Gasteiger partial charge in [0.1, 0.15) is 5.82 Å². The van der Waals surface area contributed by atoms with Crippen LogP contribution in [0.4, 0.5) is 10.3 Å². The number of halogens is 2. The summed E-state index contributed by atoms with van der Waals surface area (Å²) < 4.78 is 42.0. The average Bonchev–Trinajstić information content (AvgIpc) is 2.85. The second-order valence-corrected chi connectivity index (χ2v) is 9.95. The Bertz CT molecular complexity index is 1220. The molecule has 4 rings (SSSR count). The second-order valence-electron chi connectivity index (χ2n) is 7.80. The van der Waals surface area contributed by atoms with Gasteiger partial charge < -0.3 is 9.80 Å². The Morgan fingerprint density at radius 3 is 2.24 bits per heavy atom. The Hall–Kier alpha value is -3.08. The molecule has 0 saturated carbocycles. The predicted molar refractivity (Wildman–Crippen MR) is 126 cm³/mol. The van der Waals surface area contributed by atoms with E-state index in [9.17, 15) is 17.6 Å². The molecule has 0 spiro atoms. The maximum atomic E-state index is 13.5. The lowest BCUT2D eigenvalue weighted by Gasteiger charge is -2.35. The summed E-state index contributed by atoms with van der Waals surface area (Å²) in [4.78, 5) is 25.3. The molecule has 1 aliphatic heterocycles. The quantitative estimate of drug-likeness (QED) is 0.532. The number of benzene rings is 2. The molecular weight excluding hydrogens is 481 g/mol. The van der Waals surface area contributed by atoms with Crippen molar-refractivity contribution in [3.05, 3.63) is 83.4 Å². The zero-order valence-electron chi connectivity index (χ0n) is 18.1. The molecule has 178 valence electrons. The Morgan fingerprint density at radius 2 is 1.62 bits per heavy atom. The van der Waals surface area contributed by atoms with Crippen molar-refractivity contribution < 1.29 is 17.6 Å². The van der Waals surface area contributed by atoms with Crippen molar-refractivity contribution in [1.82, 2.24) is 19.6 Å². The normalized spacial score (nSPS) is 15.2. The maximum absolute atomic E-state index is 13.5. The van der Waals surface area contributed by atoms with Gasteiger partial charge in [-0.2, -0.15) is 0 Å². The summed E-state index contributed by atoms with van der Waals surface area (Å²) in [6.07, 6.45) is 3.22. The van der Waals surface area contributed by atoms with Crippen LogP contribution in [0.15, 0.2) is 71.9 Å². The number of nitrogens with zero attached hydrogens (tertiary/aromatic N) is 4. The lowest BCUT2D eigenvalue weighted by molar-refractivity contribution is -0.132. The van der Waals surface area contributed by atoms with Crippen molar-refractivity contribution in [2.24, 2.45) is 0 Å². The molecule has 0 unspecified atom stereocenters. The summed E-state index contributed by atoms with van der Waals surface area (Å²) in [5.74, 6) is -0.0510. The lowest BCUT2D eigenvalue weighted by atomic mass is 10.0. The van der Waals surface area contributed by atoms with Gasteiger partial charge in [0.2, 0.25) is 21.9 Å². The number of amides is 1. The van der Waals surface area contributed by atoms with Crippen molar-refractivity contribution in [1.29, 1.82) is 0 Å². The number of nitrogens with one attached hydrogen (secondary N) is 1. The molecule has 2 heterocycles. The molecule has 0 bridgehead atoms. The maximum Gasteiger partial charge on any atom is 0.241 e. The van der Waals surface area contributed by atoms with Crippen LogP contribution < -0.4 is 9.62 Å². The molecule has 1 amide bonds. The molecule has 0 radical (unpaired) electrons. The van der Waals surface area contributed by atoms with Gasteiger partial charge in [-0.15, -0.1) is 0 Å².